The fourth-order valence-corrected chi connectivity index (χ4v) is 4.06. The van der Waals surface area contributed by atoms with Crippen molar-refractivity contribution in [3.63, 3.8) is 0 Å². The largest absolute Gasteiger partial charge is 0.414 e. The van der Waals surface area contributed by atoms with E-state index < -0.39 is 17.5 Å². The summed E-state index contributed by atoms with van der Waals surface area (Å²) < 4.78 is 15.6. The minimum atomic E-state index is -1.24. The van der Waals surface area contributed by atoms with Crippen LogP contribution in [0.4, 0.5) is 16.2 Å². The Morgan fingerprint density at radius 3 is 2.69 bits per heavy atom. The third kappa shape index (κ3) is 4.45. The summed E-state index contributed by atoms with van der Waals surface area (Å²) >= 11 is 1.15. The number of carbonyl (C=O) groups excluding carboxylic acids is 3. The zero-order valence-electron chi connectivity index (χ0n) is 17.3. The molecule has 9 nitrogen and oxygen atoms in total. The standard InChI is InChI=1S/C22H21N3O6S/c1-3-16-5-7-19(32-16)31-21(28)24-22(12-30-13-22)20(27)23-15-4-6-17(14(2)10-15)25-8-9-29-11-18(25)26/h1,4-7,10H,8-9,11-13H2,2H3,(H,23,27)(H,24,28). The topological polar surface area (TPSA) is 106 Å². The van der Waals surface area contributed by atoms with Crippen molar-refractivity contribution in [3.05, 3.63) is 40.8 Å². The monoisotopic (exact) mass is 455 g/mol. The van der Waals surface area contributed by atoms with Gasteiger partial charge in [0.05, 0.1) is 24.7 Å². The highest BCUT2D eigenvalue weighted by Crippen LogP contribution is 2.27. The lowest BCUT2D eigenvalue weighted by molar-refractivity contribution is -0.141. The smallest absolute Gasteiger partial charge is 0.399 e. The third-order valence-corrected chi connectivity index (χ3v) is 6.02. The van der Waals surface area contributed by atoms with E-state index in [0.717, 1.165) is 22.6 Å². The lowest BCUT2D eigenvalue weighted by Gasteiger charge is -2.39. The van der Waals surface area contributed by atoms with Gasteiger partial charge in [-0.05, 0) is 42.8 Å². The van der Waals surface area contributed by atoms with Gasteiger partial charge >= 0.3 is 6.09 Å². The maximum Gasteiger partial charge on any atom is 0.414 e. The lowest BCUT2D eigenvalue weighted by Crippen LogP contribution is -2.69. The molecular weight excluding hydrogens is 434 g/mol. The number of thiophene rings is 1. The predicted molar refractivity (Wildman–Crippen MR) is 118 cm³/mol. The minimum Gasteiger partial charge on any atom is -0.399 e. The average molecular weight is 455 g/mol. The molecule has 1 aromatic heterocycles. The molecule has 10 heteroatoms. The quantitative estimate of drug-likeness (QED) is 0.667. The van der Waals surface area contributed by atoms with Crippen LogP contribution in [0, 0.1) is 19.3 Å². The SMILES string of the molecule is C#Cc1ccc(OC(=O)NC2(C(=O)Nc3ccc(N4CCOCC4=O)c(C)c3)COC2)s1. The van der Waals surface area contributed by atoms with Gasteiger partial charge < -0.3 is 29.7 Å². The molecule has 0 atom stereocenters. The number of hydrogen-bond acceptors (Lipinski definition) is 7. The Morgan fingerprint density at radius 1 is 1.25 bits per heavy atom. The maximum absolute atomic E-state index is 12.9. The summed E-state index contributed by atoms with van der Waals surface area (Å²) in [6, 6.07) is 8.52. The molecule has 2 aliphatic heterocycles. The number of ether oxygens (including phenoxy) is 3. The number of anilines is 2. The van der Waals surface area contributed by atoms with Crippen LogP contribution in [-0.4, -0.2) is 56.4 Å². The van der Waals surface area contributed by atoms with Gasteiger partial charge in [-0.3, -0.25) is 9.59 Å². The summed E-state index contributed by atoms with van der Waals surface area (Å²) in [5, 5.41) is 5.74. The third-order valence-electron chi connectivity index (χ3n) is 5.12. The Hall–Kier alpha value is -3.39. The van der Waals surface area contributed by atoms with Crippen molar-refractivity contribution in [1.82, 2.24) is 5.32 Å². The van der Waals surface area contributed by atoms with Crippen LogP contribution in [0.5, 0.6) is 5.06 Å². The molecule has 0 saturated carbocycles. The molecule has 0 bridgehead atoms. The van der Waals surface area contributed by atoms with Crippen molar-refractivity contribution in [2.24, 2.45) is 0 Å². The number of nitrogens with zero attached hydrogens (tertiary/aromatic N) is 1. The van der Waals surface area contributed by atoms with Gasteiger partial charge in [0, 0.05) is 17.9 Å². The van der Waals surface area contributed by atoms with Gasteiger partial charge in [0.15, 0.2) is 10.6 Å². The first kappa shape index (κ1) is 21.8. The van der Waals surface area contributed by atoms with Gasteiger partial charge in [0.2, 0.25) is 0 Å². The fraction of sp³-hybridized carbons (Fsp3) is 0.318. The van der Waals surface area contributed by atoms with Gasteiger partial charge in [-0.1, -0.05) is 17.3 Å². The number of hydrogen-bond donors (Lipinski definition) is 2. The highest BCUT2D eigenvalue weighted by Gasteiger charge is 2.48. The molecule has 2 saturated heterocycles. The van der Waals surface area contributed by atoms with Crippen molar-refractivity contribution >= 4 is 40.6 Å². The first-order chi connectivity index (χ1) is 15.4. The van der Waals surface area contributed by atoms with Gasteiger partial charge in [-0.15, -0.1) is 6.42 Å². The van der Waals surface area contributed by atoms with Crippen LogP contribution in [0.15, 0.2) is 30.3 Å². The molecule has 1 aromatic carbocycles. The zero-order valence-corrected chi connectivity index (χ0v) is 18.1. The van der Waals surface area contributed by atoms with Gasteiger partial charge in [0.25, 0.3) is 11.8 Å². The Balaban J connectivity index is 1.41. The molecule has 166 valence electrons. The summed E-state index contributed by atoms with van der Waals surface area (Å²) in [6.45, 7) is 2.91. The van der Waals surface area contributed by atoms with Crippen LogP contribution >= 0.6 is 11.3 Å². The van der Waals surface area contributed by atoms with E-state index in [4.69, 9.17) is 20.6 Å². The Labute approximate surface area is 188 Å². The van der Waals surface area contributed by atoms with Crippen LogP contribution < -0.4 is 20.3 Å². The summed E-state index contributed by atoms with van der Waals surface area (Å²) in [6.07, 6.45) is 4.55. The van der Waals surface area contributed by atoms with Crippen molar-refractivity contribution in [3.8, 4) is 17.4 Å². The lowest BCUT2D eigenvalue weighted by atomic mass is 9.96. The predicted octanol–water partition coefficient (Wildman–Crippen LogP) is 1.90. The van der Waals surface area contributed by atoms with Crippen molar-refractivity contribution < 1.29 is 28.6 Å². The average Bonchev–Trinajstić information content (AvgIpc) is 3.19. The molecule has 2 N–H and O–H groups in total. The normalized spacial score (nSPS) is 17.1. The number of nitrogens with one attached hydrogen (secondary N) is 2. The van der Waals surface area contributed by atoms with E-state index in [1.165, 1.54) is 0 Å². The first-order valence-electron chi connectivity index (χ1n) is 9.85. The molecule has 32 heavy (non-hydrogen) atoms. The fourth-order valence-electron chi connectivity index (χ4n) is 3.39. The maximum atomic E-state index is 12.9. The van der Waals surface area contributed by atoms with E-state index >= 15 is 0 Å². The number of benzene rings is 1. The van der Waals surface area contributed by atoms with Crippen molar-refractivity contribution in [2.45, 2.75) is 12.5 Å². The van der Waals surface area contributed by atoms with Crippen LogP contribution in [-0.2, 0) is 19.1 Å². The van der Waals surface area contributed by atoms with Crippen molar-refractivity contribution in [1.29, 1.82) is 0 Å². The molecule has 0 unspecified atom stereocenters. The molecular formula is C22H21N3O6S. The molecule has 0 radical (unpaired) electrons. The Morgan fingerprint density at radius 2 is 2.06 bits per heavy atom. The van der Waals surface area contributed by atoms with E-state index in [-0.39, 0.29) is 25.7 Å². The zero-order chi connectivity index (χ0) is 22.7. The molecule has 2 aliphatic rings. The number of carbonyl (C=O) groups is 3. The molecule has 0 aliphatic carbocycles. The van der Waals surface area contributed by atoms with Crippen LogP contribution in [0.3, 0.4) is 0 Å². The second-order valence-electron chi connectivity index (χ2n) is 7.41. The van der Waals surface area contributed by atoms with Gasteiger partial charge in [-0.2, -0.15) is 0 Å². The first-order valence-corrected chi connectivity index (χ1v) is 10.7. The molecule has 0 spiro atoms. The number of rotatable bonds is 5. The van der Waals surface area contributed by atoms with Crippen molar-refractivity contribution in [2.75, 3.05) is 43.2 Å². The van der Waals surface area contributed by atoms with E-state index in [9.17, 15) is 14.4 Å². The second-order valence-corrected chi connectivity index (χ2v) is 8.45. The van der Waals surface area contributed by atoms with E-state index in [1.54, 1.807) is 35.2 Å². The number of morpholine rings is 1. The summed E-state index contributed by atoms with van der Waals surface area (Å²) in [4.78, 5) is 39.6. The Kier molecular flexibility index (Phi) is 6.14. The number of aryl methyl sites for hydroxylation is 1. The van der Waals surface area contributed by atoms with Gasteiger partial charge in [0.1, 0.15) is 6.61 Å². The van der Waals surface area contributed by atoms with Crippen LogP contribution in [0.2, 0.25) is 0 Å². The Bertz CT molecular complexity index is 1100. The van der Waals surface area contributed by atoms with E-state index in [2.05, 4.69) is 16.6 Å². The second kappa shape index (κ2) is 9.00. The highest BCUT2D eigenvalue weighted by molar-refractivity contribution is 7.14. The van der Waals surface area contributed by atoms with Crippen LogP contribution in [0.1, 0.15) is 10.4 Å². The molecule has 3 heterocycles. The molecule has 3 amide bonds. The van der Waals surface area contributed by atoms with E-state index in [0.29, 0.717) is 28.8 Å². The van der Waals surface area contributed by atoms with Gasteiger partial charge in [-0.25, -0.2) is 4.79 Å². The number of amides is 3. The molecule has 2 aromatic rings. The molecule has 4 rings (SSSR count). The molecule has 2 fully saturated rings. The summed E-state index contributed by atoms with van der Waals surface area (Å²) in [5.74, 6) is 1.93. The summed E-state index contributed by atoms with van der Waals surface area (Å²) in [5.41, 5.74) is 0.888. The summed E-state index contributed by atoms with van der Waals surface area (Å²) in [7, 11) is 0. The minimum absolute atomic E-state index is 0.0212. The highest BCUT2D eigenvalue weighted by atomic mass is 32.1. The number of terminal acetylenes is 1. The van der Waals surface area contributed by atoms with Crippen LogP contribution in [0.25, 0.3) is 0 Å². The van der Waals surface area contributed by atoms with E-state index in [1.807, 2.05) is 6.92 Å².